The van der Waals surface area contributed by atoms with E-state index in [0.717, 1.165) is 19.5 Å². The molecule has 6 nitrogen and oxygen atoms in total. The van der Waals surface area contributed by atoms with E-state index in [0.29, 0.717) is 22.4 Å². The molecule has 19 heavy (non-hydrogen) atoms. The number of thiophene rings is 1. The van der Waals surface area contributed by atoms with E-state index in [1.807, 2.05) is 4.90 Å². The number of nitro groups is 1. The Morgan fingerprint density at radius 1 is 1.74 bits per heavy atom. The summed E-state index contributed by atoms with van der Waals surface area (Å²) in [6.45, 7) is 3.87. The highest BCUT2D eigenvalue weighted by Gasteiger charge is 2.30. The predicted molar refractivity (Wildman–Crippen MR) is 73.8 cm³/mol. The summed E-state index contributed by atoms with van der Waals surface area (Å²) < 4.78 is 5.13. The molecule has 1 N–H and O–H groups in total. The van der Waals surface area contributed by atoms with Gasteiger partial charge in [-0.1, -0.05) is 0 Å². The number of anilines is 1. The smallest absolute Gasteiger partial charge is 0.304 e. The van der Waals surface area contributed by atoms with Gasteiger partial charge in [-0.25, -0.2) is 0 Å². The molecule has 2 atom stereocenters. The molecule has 0 bridgehead atoms. The summed E-state index contributed by atoms with van der Waals surface area (Å²) in [6.07, 6.45) is 0.308. The number of methoxy groups -OCH3 is 1. The fraction of sp³-hybridized carbons (Fsp3) is 0.667. The highest BCUT2D eigenvalue weighted by Crippen LogP contribution is 2.41. The highest BCUT2D eigenvalue weighted by molar-refractivity contribution is 7.16. The lowest BCUT2D eigenvalue weighted by molar-refractivity contribution is -0.383. The van der Waals surface area contributed by atoms with Crippen molar-refractivity contribution in [1.29, 1.82) is 0 Å². The molecule has 0 spiro atoms. The van der Waals surface area contributed by atoms with Gasteiger partial charge in [0.2, 0.25) is 0 Å². The van der Waals surface area contributed by atoms with Gasteiger partial charge in [0.05, 0.1) is 17.6 Å². The average Bonchev–Trinajstić information content (AvgIpc) is 2.94. The van der Waals surface area contributed by atoms with Crippen LogP contribution in [0.15, 0.2) is 6.07 Å². The zero-order chi connectivity index (χ0) is 14.0. The first-order chi connectivity index (χ1) is 9.02. The summed E-state index contributed by atoms with van der Waals surface area (Å²) >= 11 is 1.31. The molecule has 2 heterocycles. The van der Waals surface area contributed by atoms with Crippen molar-refractivity contribution < 1.29 is 14.8 Å². The van der Waals surface area contributed by atoms with Crippen LogP contribution in [0.4, 0.5) is 10.7 Å². The molecule has 106 valence electrons. The standard InChI is InChI=1S/C12H18N2O4S/c1-8(15)11-5-10(14(16)17)12(19-11)13-4-3-9(6-13)7-18-2/h5,8-9,15H,3-4,6-7H2,1-2H3/t8-,9?/m1/s1. The Balaban J connectivity index is 2.21. The van der Waals surface area contributed by atoms with Crippen LogP contribution in [0.5, 0.6) is 0 Å². The van der Waals surface area contributed by atoms with Crippen molar-refractivity contribution in [1.82, 2.24) is 0 Å². The van der Waals surface area contributed by atoms with E-state index < -0.39 is 6.10 Å². The van der Waals surface area contributed by atoms with Gasteiger partial charge in [-0.15, -0.1) is 11.3 Å². The minimum atomic E-state index is -0.671. The molecule has 0 amide bonds. The fourth-order valence-corrected chi connectivity index (χ4v) is 3.44. The lowest BCUT2D eigenvalue weighted by Crippen LogP contribution is -2.20. The maximum absolute atomic E-state index is 11.1. The first-order valence-corrected chi connectivity index (χ1v) is 7.04. The minimum Gasteiger partial charge on any atom is -0.388 e. The van der Waals surface area contributed by atoms with Crippen LogP contribution in [0.25, 0.3) is 0 Å². The summed E-state index contributed by atoms with van der Waals surface area (Å²) in [6, 6.07) is 1.48. The van der Waals surface area contributed by atoms with Gasteiger partial charge < -0.3 is 14.7 Å². The van der Waals surface area contributed by atoms with Crippen molar-refractivity contribution in [3.63, 3.8) is 0 Å². The summed E-state index contributed by atoms with van der Waals surface area (Å²) in [5.41, 5.74) is 0.0963. The number of nitrogens with zero attached hydrogens (tertiary/aromatic N) is 2. The Bertz CT molecular complexity index is 461. The normalized spacial score (nSPS) is 20.8. The predicted octanol–water partition coefficient (Wildman–Crippen LogP) is 2.18. The quantitative estimate of drug-likeness (QED) is 0.663. The second kappa shape index (κ2) is 5.85. The van der Waals surface area contributed by atoms with E-state index in [1.165, 1.54) is 17.4 Å². The molecular formula is C12H18N2O4S. The van der Waals surface area contributed by atoms with Gasteiger partial charge in [0.15, 0.2) is 5.00 Å². The summed E-state index contributed by atoms with van der Waals surface area (Å²) in [7, 11) is 1.67. The maximum atomic E-state index is 11.1. The first kappa shape index (κ1) is 14.2. The van der Waals surface area contributed by atoms with Crippen molar-refractivity contribution in [2.45, 2.75) is 19.4 Å². The van der Waals surface area contributed by atoms with E-state index in [4.69, 9.17) is 4.74 Å². The van der Waals surface area contributed by atoms with Gasteiger partial charge in [0.25, 0.3) is 0 Å². The second-order valence-corrected chi connectivity index (χ2v) is 5.89. The monoisotopic (exact) mass is 286 g/mol. The summed E-state index contributed by atoms with van der Waals surface area (Å²) in [5.74, 6) is 0.418. The Hall–Kier alpha value is -1.18. The number of hydrogen-bond donors (Lipinski definition) is 1. The highest BCUT2D eigenvalue weighted by atomic mass is 32.1. The van der Waals surface area contributed by atoms with E-state index in [2.05, 4.69) is 0 Å². The van der Waals surface area contributed by atoms with Gasteiger partial charge in [-0.3, -0.25) is 10.1 Å². The molecule has 1 saturated heterocycles. The van der Waals surface area contributed by atoms with E-state index in [1.54, 1.807) is 14.0 Å². The van der Waals surface area contributed by atoms with Crippen LogP contribution in [-0.2, 0) is 4.74 Å². The number of rotatable bonds is 5. The first-order valence-electron chi connectivity index (χ1n) is 6.23. The van der Waals surface area contributed by atoms with Crippen LogP contribution < -0.4 is 4.90 Å². The van der Waals surface area contributed by atoms with Crippen LogP contribution in [0.2, 0.25) is 0 Å². The molecule has 0 saturated carbocycles. The second-order valence-electron chi connectivity index (χ2n) is 4.83. The Labute approximate surface area is 115 Å². The number of ether oxygens (including phenoxy) is 1. The molecule has 0 aromatic carbocycles. The topological polar surface area (TPSA) is 75.8 Å². The van der Waals surface area contributed by atoms with Gasteiger partial charge in [-0.2, -0.15) is 0 Å². The van der Waals surface area contributed by atoms with Crippen molar-refractivity contribution in [3.05, 3.63) is 21.1 Å². The third-order valence-electron chi connectivity index (χ3n) is 3.30. The van der Waals surface area contributed by atoms with Crippen LogP contribution >= 0.6 is 11.3 Å². The van der Waals surface area contributed by atoms with Gasteiger partial charge in [0, 0.05) is 37.1 Å². The summed E-state index contributed by atoms with van der Waals surface area (Å²) in [5, 5.41) is 21.3. The zero-order valence-electron chi connectivity index (χ0n) is 11.0. The fourth-order valence-electron chi connectivity index (χ4n) is 2.34. The van der Waals surface area contributed by atoms with Crippen molar-refractivity contribution in [3.8, 4) is 0 Å². The Morgan fingerprint density at radius 3 is 3.05 bits per heavy atom. The van der Waals surface area contributed by atoms with Gasteiger partial charge in [0.1, 0.15) is 0 Å². The molecule has 1 aromatic rings. The lowest BCUT2D eigenvalue weighted by atomic mass is 10.1. The molecule has 2 rings (SSSR count). The molecular weight excluding hydrogens is 268 g/mol. The molecule has 1 unspecified atom stereocenters. The van der Waals surface area contributed by atoms with Crippen LogP contribution in [0, 0.1) is 16.0 Å². The maximum Gasteiger partial charge on any atom is 0.304 e. The average molecular weight is 286 g/mol. The number of aliphatic hydroxyl groups is 1. The summed E-state index contributed by atoms with van der Waals surface area (Å²) in [4.78, 5) is 13.4. The van der Waals surface area contributed by atoms with E-state index in [-0.39, 0.29) is 10.6 Å². The third kappa shape index (κ3) is 3.05. The van der Waals surface area contributed by atoms with Crippen LogP contribution in [0.1, 0.15) is 24.3 Å². The van der Waals surface area contributed by atoms with Crippen molar-refractivity contribution in [2.75, 3.05) is 31.7 Å². The molecule has 1 fully saturated rings. The van der Waals surface area contributed by atoms with Crippen LogP contribution in [-0.4, -0.2) is 36.8 Å². The zero-order valence-corrected chi connectivity index (χ0v) is 11.9. The SMILES string of the molecule is COCC1CCN(c2sc([C@@H](C)O)cc2[N+](=O)[O-])C1. The molecule has 1 aliphatic heterocycles. The number of aliphatic hydroxyl groups excluding tert-OH is 1. The molecule has 1 aromatic heterocycles. The lowest BCUT2D eigenvalue weighted by Gasteiger charge is -2.15. The minimum absolute atomic E-state index is 0.0963. The largest absolute Gasteiger partial charge is 0.388 e. The number of hydrogen-bond acceptors (Lipinski definition) is 6. The Kier molecular flexibility index (Phi) is 4.38. The van der Waals surface area contributed by atoms with Crippen molar-refractivity contribution >= 4 is 22.0 Å². The molecule has 0 radical (unpaired) electrons. The Morgan fingerprint density at radius 2 is 2.47 bits per heavy atom. The van der Waals surface area contributed by atoms with Gasteiger partial charge >= 0.3 is 5.69 Å². The van der Waals surface area contributed by atoms with Crippen LogP contribution in [0.3, 0.4) is 0 Å². The van der Waals surface area contributed by atoms with Gasteiger partial charge in [-0.05, 0) is 13.3 Å². The van der Waals surface area contributed by atoms with E-state index in [9.17, 15) is 15.2 Å². The molecule has 0 aliphatic carbocycles. The van der Waals surface area contributed by atoms with Crippen molar-refractivity contribution in [2.24, 2.45) is 5.92 Å². The molecule has 7 heteroatoms. The third-order valence-corrected chi connectivity index (χ3v) is 4.65. The molecule has 1 aliphatic rings. The van der Waals surface area contributed by atoms with E-state index >= 15 is 0 Å².